The molecule has 0 amide bonds. The number of fused-ring (bicyclic) bond motifs is 2. The van der Waals surface area contributed by atoms with Gasteiger partial charge in [-0.3, -0.25) is 9.59 Å². The lowest BCUT2D eigenvalue weighted by atomic mass is 9.84. The summed E-state index contributed by atoms with van der Waals surface area (Å²) < 4.78 is 0. The Kier molecular flexibility index (Phi) is 3.08. The highest BCUT2D eigenvalue weighted by Gasteiger charge is 2.29. The van der Waals surface area contributed by atoms with Gasteiger partial charge in [0, 0.05) is 34.5 Å². The van der Waals surface area contributed by atoms with Gasteiger partial charge in [-0.05, 0) is 18.2 Å². The van der Waals surface area contributed by atoms with Crippen LogP contribution in [0.4, 0.5) is 5.69 Å². The number of hydrogen-bond acceptors (Lipinski definition) is 4. The molecule has 0 aliphatic heterocycles. The van der Waals surface area contributed by atoms with Crippen LogP contribution in [0.2, 0.25) is 0 Å². The van der Waals surface area contributed by atoms with Crippen molar-refractivity contribution in [3.63, 3.8) is 0 Å². The zero-order valence-corrected chi connectivity index (χ0v) is 10.7. The number of nitrogens with one attached hydrogen (secondary N) is 1. The van der Waals surface area contributed by atoms with Crippen molar-refractivity contribution in [3.8, 4) is 0 Å². The standard InChI is InChI=1S/C16H13NO3/c18-8-7-17-10-5-6-13-14(9-10)16(20)12-4-2-1-3-11(12)15(13)19/h1-6,9,17-18H,7-8H2. The Bertz CT molecular complexity index is 707. The summed E-state index contributed by atoms with van der Waals surface area (Å²) in [7, 11) is 0. The molecule has 0 saturated carbocycles. The van der Waals surface area contributed by atoms with E-state index in [1.807, 2.05) is 0 Å². The van der Waals surface area contributed by atoms with Gasteiger partial charge in [-0.25, -0.2) is 0 Å². The lowest BCUT2D eigenvalue weighted by Gasteiger charge is -2.18. The van der Waals surface area contributed by atoms with Crippen molar-refractivity contribution in [1.82, 2.24) is 0 Å². The lowest BCUT2D eigenvalue weighted by Crippen LogP contribution is -2.21. The Morgan fingerprint density at radius 1 is 0.850 bits per heavy atom. The molecule has 2 aromatic carbocycles. The highest BCUT2D eigenvalue weighted by Crippen LogP contribution is 2.28. The normalized spacial score (nSPS) is 12.8. The van der Waals surface area contributed by atoms with Crippen LogP contribution in [0.3, 0.4) is 0 Å². The molecule has 0 aromatic heterocycles. The van der Waals surface area contributed by atoms with Gasteiger partial charge >= 0.3 is 0 Å². The first kappa shape index (κ1) is 12.6. The van der Waals surface area contributed by atoms with Gasteiger partial charge in [-0.2, -0.15) is 0 Å². The molecular weight excluding hydrogens is 254 g/mol. The van der Waals surface area contributed by atoms with Crippen LogP contribution in [0.5, 0.6) is 0 Å². The minimum Gasteiger partial charge on any atom is -0.395 e. The second-order valence-electron chi connectivity index (χ2n) is 4.61. The van der Waals surface area contributed by atoms with Crippen molar-refractivity contribution in [3.05, 3.63) is 64.7 Å². The maximum absolute atomic E-state index is 12.5. The van der Waals surface area contributed by atoms with Gasteiger partial charge in [-0.1, -0.05) is 24.3 Å². The highest BCUT2D eigenvalue weighted by atomic mass is 16.3. The van der Waals surface area contributed by atoms with Crippen LogP contribution in [0, 0.1) is 0 Å². The molecule has 2 N–H and O–H groups in total. The summed E-state index contributed by atoms with van der Waals surface area (Å²) in [5.41, 5.74) is 2.48. The number of anilines is 1. The number of benzene rings is 2. The molecule has 3 rings (SSSR count). The molecule has 2 aromatic rings. The van der Waals surface area contributed by atoms with E-state index in [4.69, 9.17) is 5.11 Å². The first-order chi connectivity index (χ1) is 9.72. The largest absolute Gasteiger partial charge is 0.395 e. The fraction of sp³-hybridized carbons (Fsp3) is 0.125. The van der Waals surface area contributed by atoms with E-state index in [2.05, 4.69) is 5.32 Å². The molecular formula is C16H13NO3. The Balaban J connectivity index is 2.09. The molecule has 0 saturated heterocycles. The van der Waals surface area contributed by atoms with Gasteiger partial charge in [0.1, 0.15) is 0 Å². The monoisotopic (exact) mass is 267 g/mol. The van der Waals surface area contributed by atoms with Crippen molar-refractivity contribution in [2.45, 2.75) is 0 Å². The quantitative estimate of drug-likeness (QED) is 0.760. The van der Waals surface area contributed by atoms with Crippen LogP contribution < -0.4 is 5.32 Å². The molecule has 100 valence electrons. The van der Waals surface area contributed by atoms with Crippen molar-refractivity contribution in [2.75, 3.05) is 18.5 Å². The number of ketones is 2. The Hall–Kier alpha value is -2.46. The van der Waals surface area contributed by atoms with Crippen molar-refractivity contribution < 1.29 is 14.7 Å². The molecule has 0 fully saturated rings. The van der Waals surface area contributed by atoms with E-state index in [9.17, 15) is 9.59 Å². The van der Waals surface area contributed by atoms with Crippen LogP contribution in [0.1, 0.15) is 31.8 Å². The molecule has 4 heteroatoms. The summed E-state index contributed by atoms with van der Waals surface area (Å²) in [6, 6.07) is 11.9. The Morgan fingerprint density at radius 3 is 2.10 bits per heavy atom. The summed E-state index contributed by atoms with van der Waals surface area (Å²) in [4.78, 5) is 24.8. The van der Waals surface area contributed by atoms with Crippen molar-refractivity contribution in [2.24, 2.45) is 0 Å². The van der Waals surface area contributed by atoms with Crippen molar-refractivity contribution >= 4 is 17.3 Å². The summed E-state index contributed by atoms with van der Waals surface area (Å²) in [5, 5.41) is 11.8. The first-order valence-electron chi connectivity index (χ1n) is 6.39. The van der Waals surface area contributed by atoms with Gasteiger partial charge in [0.15, 0.2) is 11.6 Å². The Morgan fingerprint density at radius 2 is 1.45 bits per heavy atom. The smallest absolute Gasteiger partial charge is 0.194 e. The summed E-state index contributed by atoms with van der Waals surface area (Å²) in [5.74, 6) is -0.258. The maximum atomic E-state index is 12.5. The van der Waals surface area contributed by atoms with E-state index in [1.54, 1.807) is 42.5 Å². The second-order valence-corrected chi connectivity index (χ2v) is 4.61. The van der Waals surface area contributed by atoms with E-state index in [0.29, 0.717) is 28.8 Å². The fourth-order valence-corrected chi connectivity index (χ4v) is 2.41. The first-order valence-corrected chi connectivity index (χ1v) is 6.39. The molecule has 1 aliphatic carbocycles. The predicted octanol–water partition coefficient (Wildman–Crippen LogP) is 1.87. The molecule has 20 heavy (non-hydrogen) atoms. The molecule has 0 spiro atoms. The number of carbonyl (C=O) groups excluding carboxylic acids is 2. The highest BCUT2D eigenvalue weighted by molar-refractivity contribution is 6.28. The average molecular weight is 267 g/mol. The third-order valence-corrected chi connectivity index (χ3v) is 3.37. The maximum Gasteiger partial charge on any atom is 0.194 e. The number of rotatable bonds is 3. The summed E-state index contributed by atoms with van der Waals surface area (Å²) >= 11 is 0. The number of hydrogen-bond donors (Lipinski definition) is 2. The van der Waals surface area contributed by atoms with E-state index < -0.39 is 0 Å². The Labute approximate surface area is 116 Å². The third-order valence-electron chi connectivity index (χ3n) is 3.37. The molecule has 0 radical (unpaired) electrons. The number of carbonyl (C=O) groups is 2. The van der Waals surface area contributed by atoms with Crippen LogP contribution in [-0.2, 0) is 0 Å². The average Bonchev–Trinajstić information content (AvgIpc) is 2.50. The van der Waals surface area contributed by atoms with Gasteiger partial charge in [-0.15, -0.1) is 0 Å². The van der Waals surface area contributed by atoms with Gasteiger partial charge in [0.05, 0.1) is 6.61 Å². The fourth-order valence-electron chi connectivity index (χ4n) is 2.41. The predicted molar refractivity (Wildman–Crippen MR) is 75.3 cm³/mol. The zero-order valence-electron chi connectivity index (χ0n) is 10.7. The number of aliphatic hydroxyl groups excluding tert-OH is 1. The van der Waals surface area contributed by atoms with Gasteiger partial charge < -0.3 is 10.4 Å². The van der Waals surface area contributed by atoms with Gasteiger partial charge in [0.25, 0.3) is 0 Å². The minimum absolute atomic E-state index is 0.00674. The topological polar surface area (TPSA) is 66.4 Å². The molecule has 0 unspecified atom stereocenters. The van der Waals surface area contributed by atoms with E-state index in [0.717, 1.165) is 5.69 Å². The molecule has 1 aliphatic rings. The van der Waals surface area contributed by atoms with E-state index >= 15 is 0 Å². The molecule has 0 atom stereocenters. The van der Waals surface area contributed by atoms with Gasteiger partial charge in [0.2, 0.25) is 0 Å². The number of aliphatic hydroxyl groups is 1. The molecule has 0 heterocycles. The van der Waals surface area contributed by atoms with E-state index in [1.165, 1.54) is 0 Å². The van der Waals surface area contributed by atoms with E-state index in [-0.39, 0.29) is 18.2 Å². The second kappa shape index (κ2) is 4.90. The third kappa shape index (κ3) is 1.90. The van der Waals surface area contributed by atoms with Crippen LogP contribution >= 0.6 is 0 Å². The molecule has 0 bridgehead atoms. The van der Waals surface area contributed by atoms with Crippen LogP contribution in [0.15, 0.2) is 42.5 Å². The SMILES string of the molecule is O=C1c2ccccc2C(=O)c2cc(NCCO)ccc21. The summed E-state index contributed by atoms with van der Waals surface area (Å²) in [6.07, 6.45) is 0. The minimum atomic E-state index is -0.136. The molecule has 4 nitrogen and oxygen atoms in total. The summed E-state index contributed by atoms with van der Waals surface area (Å²) in [6.45, 7) is 0.407. The zero-order chi connectivity index (χ0) is 14.1. The van der Waals surface area contributed by atoms with Crippen molar-refractivity contribution in [1.29, 1.82) is 0 Å². The van der Waals surface area contributed by atoms with Crippen LogP contribution in [0.25, 0.3) is 0 Å². The van der Waals surface area contributed by atoms with Crippen LogP contribution in [-0.4, -0.2) is 29.8 Å². The lowest BCUT2D eigenvalue weighted by molar-refractivity contribution is 0.0979.